The van der Waals surface area contributed by atoms with Crippen LogP contribution < -0.4 is 5.32 Å². The lowest BCUT2D eigenvalue weighted by Crippen LogP contribution is -2.39. The zero-order valence-corrected chi connectivity index (χ0v) is 17.8. The van der Waals surface area contributed by atoms with Crippen molar-refractivity contribution in [2.45, 2.75) is 44.2 Å². The van der Waals surface area contributed by atoms with Gasteiger partial charge in [-0.25, -0.2) is 4.79 Å². The third-order valence-electron chi connectivity index (χ3n) is 6.84. The summed E-state index contributed by atoms with van der Waals surface area (Å²) in [5, 5.41) is 3.42. The van der Waals surface area contributed by atoms with E-state index in [1.807, 2.05) is 55.5 Å². The number of nitrogens with one attached hydrogen (secondary N) is 1. The minimum atomic E-state index is -0.249. The summed E-state index contributed by atoms with van der Waals surface area (Å²) in [5.41, 5.74) is 2.20. The van der Waals surface area contributed by atoms with E-state index in [4.69, 9.17) is 0 Å². The highest BCUT2D eigenvalue weighted by Gasteiger charge is 2.46. The van der Waals surface area contributed by atoms with Crippen LogP contribution >= 0.6 is 0 Å². The highest BCUT2D eigenvalue weighted by Crippen LogP contribution is 2.39. The molecule has 30 heavy (non-hydrogen) atoms. The van der Waals surface area contributed by atoms with Gasteiger partial charge in [0.25, 0.3) is 0 Å². The Morgan fingerprint density at radius 1 is 1.03 bits per heavy atom. The van der Waals surface area contributed by atoms with Crippen molar-refractivity contribution in [1.82, 2.24) is 15.1 Å². The lowest BCUT2D eigenvalue weighted by molar-refractivity contribution is -0.130. The van der Waals surface area contributed by atoms with Crippen molar-refractivity contribution in [3.05, 3.63) is 71.8 Å². The molecule has 0 radical (unpaired) electrons. The van der Waals surface area contributed by atoms with Crippen molar-refractivity contribution in [3.63, 3.8) is 0 Å². The third-order valence-corrected chi connectivity index (χ3v) is 6.84. The molecule has 3 amide bonds. The Hall–Kier alpha value is -2.66. The average Bonchev–Trinajstić information content (AvgIpc) is 3.03. The Morgan fingerprint density at radius 3 is 2.27 bits per heavy atom. The second-order valence-corrected chi connectivity index (χ2v) is 8.56. The number of carbonyl (C=O) groups is 2. The van der Waals surface area contributed by atoms with Gasteiger partial charge in [0.1, 0.15) is 0 Å². The van der Waals surface area contributed by atoms with Crippen molar-refractivity contribution in [2.75, 3.05) is 20.1 Å². The fourth-order valence-corrected chi connectivity index (χ4v) is 5.02. The van der Waals surface area contributed by atoms with Crippen molar-refractivity contribution in [2.24, 2.45) is 5.92 Å². The van der Waals surface area contributed by atoms with Crippen LogP contribution in [0.5, 0.6) is 0 Å². The van der Waals surface area contributed by atoms with Gasteiger partial charge in [-0.2, -0.15) is 0 Å². The molecule has 2 aromatic carbocycles. The van der Waals surface area contributed by atoms with Crippen LogP contribution in [0, 0.1) is 5.92 Å². The highest BCUT2D eigenvalue weighted by atomic mass is 16.2. The number of hydrogen-bond donors (Lipinski definition) is 1. The topological polar surface area (TPSA) is 52.7 Å². The third kappa shape index (κ3) is 3.99. The summed E-state index contributed by atoms with van der Waals surface area (Å²) < 4.78 is 0. The molecule has 1 N–H and O–H groups in total. The van der Waals surface area contributed by atoms with Crippen LogP contribution in [-0.2, 0) is 4.79 Å². The smallest absolute Gasteiger partial charge is 0.322 e. The van der Waals surface area contributed by atoms with Crippen LogP contribution in [0.25, 0.3) is 0 Å². The van der Waals surface area contributed by atoms with Gasteiger partial charge in [-0.3, -0.25) is 9.69 Å². The van der Waals surface area contributed by atoms with Crippen molar-refractivity contribution < 1.29 is 9.59 Å². The van der Waals surface area contributed by atoms with Crippen LogP contribution in [-0.4, -0.2) is 47.9 Å². The van der Waals surface area contributed by atoms with E-state index < -0.39 is 0 Å². The maximum Gasteiger partial charge on any atom is 0.327 e. The fourth-order valence-electron chi connectivity index (χ4n) is 5.02. The molecule has 2 saturated heterocycles. The first-order valence-electron chi connectivity index (χ1n) is 11.0. The molecule has 0 bridgehead atoms. The van der Waals surface area contributed by atoms with Gasteiger partial charge in [-0.05, 0) is 55.8 Å². The molecular weight excluding hydrogens is 374 g/mol. The van der Waals surface area contributed by atoms with Crippen molar-refractivity contribution in [1.29, 1.82) is 0 Å². The van der Waals surface area contributed by atoms with Gasteiger partial charge in [0, 0.05) is 13.5 Å². The van der Waals surface area contributed by atoms with E-state index in [0.29, 0.717) is 12.3 Å². The van der Waals surface area contributed by atoms with Crippen molar-refractivity contribution >= 4 is 11.9 Å². The summed E-state index contributed by atoms with van der Waals surface area (Å²) in [6.07, 6.45) is 2.47. The molecule has 0 saturated carbocycles. The Labute approximate surface area is 179 Å². The molecule has 0 spiro atoms. The SMILES string of the molecule is CC1C(c2ccccc2)N(C(=O)CC(c2ccccc2)C2CCNCC2)C(=O)N1C. The van der Waals surface area contributed by atoms with Gasteiger partial charge < -0.3 is 10.2 Å². The number of rotatable bonds is 5. The molecule has 5 heteroatoms. The first-order valence-corrected chi connectivity index (χ1v) is 11.0. The Balaban J connectivity index is 1.62. The molecule has 2 fully saturated rings. The molecule has 158 valence electrons. The summed E-state index contributed by atoms with van der Waals surface area (Å²) in [5.74, 6) is 0.504. The molecule has 3 atom stereocenters. The predicted octanol–water partition coefficient (Wildman–Crippen LogP) is 4.18. The number of likely N-dealkylation sites (N-methyl/N-ethyl adjacent to an activating group) is 1. The summed E-state index contributed by atoms with van der Waals surface area (Å²) in [4.78, 5) is 29.9. The summed E-state index contributed by atoms with van der Waals surface area (Å²) >= 11 is 0. The van der Waals surface area contributed by atoms with Crippen LogP contribution in [0.2, 0.25) is 0 Å². The quantitative estimate of drug-likeness (QED) is 0.812. The van der Waals surface area contributed by atoms with Gasteiger partial charge in [0.15, 0.2) is 0 Å². The molecule has 4 rings (SSSR count). The number of imide groups is 1. The van der Waals surface area contributed by atoms with E-state index in [-0.39, 0.29) is 29.9 Å². The van der Waals surface area contributed by atoms with Crippen LogP contribution in [0.4, 0.5) is 4.79 Å². The average molecular weight is 406 g/mol. The van der Waals surface area contributed by atoms with E-state index in [9.17, 15) is 9.59 Å². The van der Waals surface area contributed by atoms with Gasteiger partial charge in [0.05, 0.1) is 12.1 Å². The van der Waals surface area contributed by atoms with Gasteiger partial charge in [-0.1, -0.05) is 60.7 Å². The minimum absolute atomic E-state index is 0.0575. The first-order chi connectivity index (χ1) is 14.6. The molecule has 2 aliphatic rings. The second-order valence-electron chi connectivity index (χ2n) is 8.56. The van der Waals surface area contributed by atoms with E-state index in [1.54, 1.807) is 11.9 Å². The molecule has 2 heterocycles. The molecule has 5 nitrogen and oxygen atoms in total. The van der Waals surface area contributed by atoms with E-state index in [2.05, 4.69) is 17.4 Å². The number of benzene rings is 2. The molecule has 0 aliphatic carbocycles. The van der Waals surface area contributed by atoms with Gasteiger partial charge >= 0.3 is 6.03 Å². The van der Waals surface area contributed by atoms with Gasteiger partial charge in [0.2, 0.25) is 5.91 Å². The maximum absolute atomic E-state index is 13.6. The first kappa shape index (κ1) is 20.6. The number of urea groups is 1. The zero-order chi connectivity index (χ0) is 21.1. The molecule has 3 unspecified atom stereocenters. The zero-order valence-electron chi connectivity index (χ0n) is 17.8. The number of hydrogen-bond acceptors (Lipinski definition) is 3. The summed E-state index contributed by atoms with van der Waals surface area (Å²) in [6, 6.07) is 19.7. The van der Waals surface area contributed by atoms with Crippen molar-refractivity contribution in [3.8, 4) is 0 Å². The Morgan fingerprint density at radius 2 is 1.63 bits per heavy atom. The second kappa shape index (κ2) is 9.00. The Bertz CT molecular complexity index is 864. The lowest BCUT2D eigenvalue weighted by atomic mass is 9.78. The molecule has 2 aliphatic heterocycles. The summed E-state index contributed by atoms with van der Waals surface area (Å²) in [7, 11) is 1.79. The van der Waals surface area contributed by atoms with Crippen LogP contribution in [0.3, 0.4) is 0 Å². The van der Waals surface area contributed by atoms with Crippen LogP contribution in [0.15, 0.2) is 60.7 Å². The van der Waals surface area contributed by atoms with E-state index in [1.165, 1.54) is 10.5 Å². The van der Waals surface area contributed by atoms with E-state index in [0.717, 1.165) is 31.5 Å². The number of amides is 3. The minimum Gasteiger partial charge on any atom is -0.322 e. The highest BCUT2D eigenvalue weighted by molar-refractivity contribution is 5.97. The van der Waals surface area contributed by atoms with Gasteiger partial charge in [-0.15, -0.1) is 0 Å². The Kier molecular flexibility index (Phi) is 6.18. The fraction of sp³-hybridized carbons (Fsp3) is 0.440. The monoisotopic (exact) mass is 405 g/mol. The van der Waals surface area contributed by atoms with Crippen LogP contribution in [0.1, 0.15) is 49.3 Å². The normalized spacial score (nSPS) is 23.6. The molecule has 2 aromatic rings. The number of carbonyl (C=O) groups excluding carboxylic acids is 2. The maximum atomic E-state index is 13.6. The summed E-state index contributed by atoms with van der Waals surface area (Å²) in [6.45, 7) is 3.98. The largest absolute Gasteiger partial charge is 0.327 e. The molecular formula is C25H31N3O2. The standard InChI is InChI=1S/C25H31N3O2/c1-18-24(21-11-7-4-8-12-21)28(25(30)27(18)2)23(29)17-22(19-9-5-3-6-10-19)20-13-15-26-16-14-20/h3-12,18,20,22,24,26H,13-17H2,1-2H3. The molecule has 0 aromatic heterocycles. The number of nitrogens with zero attached hydrogens (tertiary/aromatic N) is 2. The van der Waals surface area contributed by atoms with E-state index >= 15 is 0 Å². The predicted molar refractivity (Wildman–Crippen MR) is 118 cm³/mol. The number of piperidine rings is 1. The lowest BCUT2D eigenvalue weighted by Gasteiger charge is -2.32.